The second kappa shape index (κ2) is 10.3. The first kappa shape index (κ1) is 23.3. The van der Waals surface area contributed by atoms with Crippen LogP contribution in [-0.2, 0) is 0 Å². The predicted molar refractivity (Wildman–Crippen MR) is 132 cm³/mol. The van der Waals surface area contributed by atoms with Crippen molar-refractivity contribution < 1.29 is 4.79 Å². The van der Waals surface area contributed by atoms with Gasteiger partial charge in [0.15, 0.2) is 0 Å². The zero-order chi connectivity index (χ0) is 21.8. The van der Waals surface area contributed by atoms with Crippen molar-refractivity contribution in [1.29, 1.82) is 0 Å². The maximum absolute atomic E-state index is 12.5. The number of urea groups is 1. The highest BCUT2D eigenvalue weighted by Crippen LogP contribution is 2.34. The predicted octanol–water partition coefficient (Wildman–Crippen LogP) is 5.68. The fourth-order valence-corrected chi connectivity index (χ4v) is 5.90. The van der Waals surface area contributed by atoms with E-state index in [1.807, 2.05) is 44.1 Å². The molecule has 0 radical (unpaired) electrons. The van der Waals surface area contributed by atoms with Gasteiger partial charge in [-0.3, -0.25) is 0 Å². The van der Waals surface area contributed by atoms with Crippen molar-refractivity contribution >= 4 is 71.1 Å². The van der Waals surface area contributed by atoms with Crippen LogP contribution in [0.4, 0.5) is 22.1 Å². The summed E-state index contributed by atoms with van der Waals surface area (Å²) in [5.74, 6) is 2.49. The van der Waals surface area contributed by atoms with Crippen LogP contribution in [0.2, 0.25) is 0 Å². The van der Waals surface area contributed by atoms with E-state index in [1.165, 1.54) is 0 Å². The van der Waals surface area contributed by atoms with Crippen LogP contribution in [0.5, 0.6) is 0 Å². The standard InChI is InChI=1S/C20H25Br3N6O/c1-11-24-17(10-18(25-11)29(2)3)26-13-4-6-14(7-5-13)27-20(30)28-19-15(22)8-12(21)9-16(19)23/h8-10,13-14H,4-7H2,1-3H3,(H,24,25,26)(H2,27,28,30)/t13-,14+. The third-order valence-corrected chi connectivity index (χ3v) is 6.65. The van der Waals surface area contributed by atoms with Crippen molar-refractivity contribution in [1.82, 2.24) is 15.3 Å². The van der Waals surface area contributed by atoms with Gasteiger partial charge in [-0.25, -0.2) is 14.8 Å². The summed E-state index contributed by atoms with van der Waals surface area (Å²) < 4.78 is 2.54. The fourth-order valence-electron chi connectivity index (χ4n) is 3.44. The average molecular weight is 605 g/mol. The number of benzene rings is 1. The molecule has 3 rings (SSSR count). The van der Waals surface area contributed by atoms with Crippen LogP contribution in [-0.4, -0.2) is 42.2 Å². The smallest absolute Gasteiger partial charge is 0.319 e. The minimum Gasteiger partial charge on any atom is -0.367 e. The largest absolute Gasteiger partial charge is 0.367 e. The van der Waals surface area contributed by atoms with Crippen LogP contribution in [0.25, 0.3) is 0 Å². The van der Waals surface area contributed by atoms with E-state index in [1.54, 1.807) is 0 Å². The molecular formula is C20H25Br3N6O. The molecule has 3 N–H and O–H groups in total. The van der Waals surface area contributed by atoms with E-state index in [0.717, 1.165) is 56.6 Å². The molecule has 10 heteroatoms. The lowest BCUT2D eigenvalue weighted by molar-refractivity contribution is 0.243. The fraction of sp³-hybridized carbons (Fsp3) is 0.450. The molecule has 7 nitrogen and oxygen atoms in total. The van der Waals surface area contributed by atoms with E-state index in [0.29, 0.717) is 11.7 Å². The molecule has 30 heavy (non-hydrogen) atoms. The second-order valence-corrected chi connectivity index (χ2v) is 10.2. The van der Waals surface area contributed by atoms with Gasteiger partial charge >= 0.3 is 6.03 Å². The van der Waals surface area contributed by atoms with Gasteiger partial charge in [0.1, 0.15) is 17.5 Å². The van der Waals surface area contributed by atoms with Gasteiger partial charge in [0, 0.05) is 45.7 Å². The van der Waals surface area contributed by atoms with Gasteiger partial charge in [0.25, 0.3) is 0 Å². The maximum atomic E-state index is 12.5. The van der Waals surface area contributed by atoms with Gasteiger partial charge in [0.2, 0.25) is 0 Å². The number of hydrogen-bond acceptors (Lipinski definition) is 5. The van der Waals surface area contributed by atoms with Crippen molar-refractivity contribution in [3.63, 3.8) is 0 Å². The lowest BCUT2D eigenvalue weighted by atomic mass is 9.91. The Labute approximate surface area is 202 Å². The Balaban J connectivity index is 1.51. The summed E-state index contributed by atoms with van der Waals surface area (Å²) in [4.78, 5) is 23.4. The topological polar surface area (TPSA) is 82.2 Å². The summed E-state index contributed by atoms with van der Waals surface area (Å²) in [6.45, 7) is 1.90. The molecule has 162 valence electrons. The number of carbonyl (C=O) groups is 1. The summed E-state index contributed by atoms with van der Waals surface area (Å²) in [7, 11) is 3.94. The van der Waals surface area contributed by atoms with E-state index >= 15 is 0 Å². The summed E-state index contributed by atoms with van der Waals surface area (Å²) in [5.41, 5.74) is 0.710. The molecule has 0 saturated heterocycles. The minimum atomic E-state index is -0.197. The highest BCUT2D eigenvalue weighted by atomic mass is 79.9. The summed E-state index contributed by atoms with van der Waals surface area (Å²) in [6, 6.07) is 6.06. The number of anilines is 3. The van der Waals surface area contributed by atoms with Crippen LogP contribution >= 0.6 is 47.8 Å². The molecule has 1 fully saturated rings. The average Bonchev–Trinajstić information content (AvgIpc) is 2.66. The molecule has 1 heterocycles. The Morgan fingerprint density at radius 2 is 1.60 bits per heavy atom. The van der Waals surface area contributed by atoms with Crippen LogP contribution in [0.3, 0.4) is 0 Å². The van der Waals surface area contributed by atoms with Crippen LogP contribution < -0.4 is 20.9 Å². The quantitative estimate of drug-likeness (QED) is 0.409. The lowest BCUT2D eigenvalue weighted by Gasteiger charge is -2.30. The first-order valence-electron chi connectivity index (χ1n) is 9.73. The van der Waals surface area contributed by atoms with Gasteiger partial charge in [-0.1, -0.05) is 15.9 Å². The summed E-state index contributed by atoms with van der Waals surface area (Å²) >= 11 is 10.4. The Morgan fingerprint density at radius 1 is 1.00 bits per heavy atom. The number of hydrogen-bond donors (Lipinski definition) is 3. The maximum Gasteiger partial charge on any atom is 0.319 e. The molecule has 1 aromatic carbocycles. The first-order valence-corrected chi connectivity index (χ1v) is 12.1. The van der Waals surface area contributed by atoms with Crippen LogP contribution in [0.1, 0.15) is 31.5 Å². The SMILES string of the molecule is Cc1nc(N[C@H]2CC[C@@H](NC(=O)Nc3c(Br)cc(Br)cc3Br)CC2)cc(N(C)C)n1. The van der Waals surface area contributed by atoms with Crippen molar-refractivity contribution in [2.75, 3.05) is 29.6 Å². The number of carbonyl (C=O) groups excluding carboxylic acids is 1. The van der Waals surface area contributed by atoms with Gasteiger partial charge in [0.05, 0.1) is 5.69 Å². The molecule has 1 aromatic heterocycles. The molecule has 0 aliphatic heterocycles. The van der Waals surface area contributed by atoms with Gasteiger partial charge in [-0.2, -0.15) is 0 Å². The number of nitrogens with one attached hydrogen (secondary N) is 3. The van der Waals surface area contributed by atoms with Gasteiger partial charge in [-0.15, -0.1) is 0 Å². The molecule has 2 amide bonds. The molecule has 1 aliphatic carbocycles. The normalized spacial score (nSPS) is 18.6. The Bertz CT molecular complexity index is 892. The van der Waals surface area contributed by atoms with E-state index in [-0.39, 0.29) is 12.1 Å². The third kappa shape index (κ3) is 6.31. The highest BCUT2D eigenvalue weighted by molar-refractivity contribution is 9.11. The Hall–Kier alpha value is -1.39. The number of halogens is 3. The molecule has 0 unspecified atom stereocenters. The van der Waals surface area contributed by atoms with Crippen LogP contribution in [0.15, 0.2) is 31.6 Å². The first-order chi connectivity index (χ1) is 14.2. The Morgan fingerprint density at radius 3 is 2.20 bits per heavy atom. The number of amides is 2. The monoisotopic (exact) mass is 602 g/mol. The zero-order valence-electron chi connectivity index (χ0n) is 17.1. The number of nitrogens with zero attached hydrogens (tertiary/aromatic N) is 3. The summed E-state index contributed by atoms with van der Waals surface area (Å²) in [6.07, 6.45) is 3.77. The molecular weight excluding hydrogens is 580 g/mol. The molecule has 0 spiro atoms. The van der Waals surface area contributed by atoms with E-state index in [2.05, 4.69) is 73.7 Å². The van der Waals surface area contributed by atoms with Crippen molar-refractivity contribution in [2.24, 2.45) is 0 Å². The van der Waals surface area contributed by atoms with E-state index in [9.17, 15) is 4.79 Å². The van der Waals surface area contributed by atoms with Gasteiger partial charge in [-0.05, 0) is 76.6 Å². The lowest BCUT2D eigenvalue weighted by Crippen LogP contribution is -2.42. The highest BCUT2D eigenvalue weighted by Gasteiger charge is 2.23. The number of rotatable bonds is 5. The van der Waals surface area contributed by atoms with E-state index in [4.69, 9.17) is 0 Å². The number of aromatic nitrogens is 2. The number of aryl methyl sites for hydroxylation is 1. The summed E-state index contributed by atoms with van der Waals surface area (Å²) in [5, 5.41) is 9.54. The second-order valence-electron chi connectivity index (χ2n) is 7.59. The Kier molecular flexibility index (Phi) is 7.98. The molecule has 2 aromatic rings. The third-order valence-electron chi connectivity index (χ3n) is 4.94. The minimum absolute atomic E-state index is 0.153. The molecule has 1 aliphatic rings. The van der Waals surface area contributed by atoms with E-state index < -0.39 is 0 Å². The molecule has 0 bridgehead atoms. The van der Waals surface area contributed by atoms with Crippen molar-refractivity contribution in [3.05, 3.63) is 37.4 Å². The van der Waals surface area contributed by atoms with Gasteiger partial charge < -0.3 is 20.9 Å². The van der Waals surface area contributed by atoms with Crippen molar-refractivity contribution in [2.45, 2.75) is 44.7 Å². The molecule has 1 saturated carbocycles. The zero-order valence-corrected chi connectivity index (χ0v) is 21.9. The van der Waals surface area contributed by atoms with Crippen molar-refractivity contribution in [3.8, 4) is 0 Å². The molecule has 0 atom stereocenters. The van der Waals surface area contributed by atoms with Crippen LogP contribution in [0, 0.1) is 6.92 Å².